The molecular formula is C25H21NO6S. The van der Waals surface area contributed by atoms with Gasteiger partial charge in [-0.2, -0.15) is 0 Å². The first-order chi connectivity index (χ1) is 16.0. The maximum Gasteiger partial charge on any atom is 0.346 e. The zero-order valence-corrected chi connectivity index (χ0v) is 18.8. The zero-order chi connectivity index (χ0) is 23.5. The third-order valence-electron chi connectivity index (χ3n) is 5.38. The van der Waals surface area contributed by atoms with Gasteiger partial charge in [0.25, 0.3) is 0 Å². The number of rotatable bonds is 7. The lowest BCUT2D eigenvalue weighted by Crippen LogP contribution is -2.22. The number of methoxy groups -OCH3 is 2. The van der Waals surface area contributed by atoms with Crippen molar-refractivity contribution in [3.05, 3.63) is 57.8 Å². The fourth-order valence-corrected chi connectivity index (χ4v) is 5.13. The first-order valence-electron chi connectivity index (χ1n) is 10.0. The van der Waals surface area contributed by atoms with Crippen LogP contribution in [0.5, 0.6) is 17.2 Å². The van der Waals surface area contributed by atoms with Gasteiger partial charge in [0.15, 0.2) is 11.5 Å². The molecule has 1 aliphatic rings. The number of thiophene rings is 1. The number of carboxylic acids is 1. The third-order valence-corrected chi connectivity index (χ3v) is 6.67. The van der Waals surface area contributed by atoms with Crippen molar-refractivity contribution >= 4 is 28.9 Å². The first-order valence-corrected chi connectivity index (χ1v) is 10.9. The van der Waals surface area contributed by atoms with Crippen LogP contribution in [-0.4, -0.2) is 37.8 Å². The molecule has 1 atom stereocenters. The van der Waals surface area contributed by atoms with Gasteiger partial charge in [0.1, 0.15) is 17.2 Å². The van der Waals surface area contributed by atoms with E-state index in [1.807, 2.05) is 6.07 Å². The number of terminal acetylenes is 1. The molecule has 0 aliphatic carbocycles. The van der Waals surface area contributed by atoms with E-state index in [0.29, 0.717) is 34.1 Å². The predicted molar refractivity (Wildman–Crippen MR) is 126 cm³/mol. The van der Waals surface area contributed by atoms with Crippen molar-refractivity contribution < 1.29 is 28.9 Å². The number of fused-ring (bicyclic) bond motifs is 1. The molecule has 1 aliphatic heterocycles. The van der Waals surface area contributed by atoms with E-state index in [0.717, 1.165) is 21.8 Å². The van der Waals surface area contributed by atoms with Gasteiger partial charge in [-0.25, -0.2) is 4.79 Å². The lowest BCUT2D eigenvalue weighted by molar-refractivity contribution is -0.116. The Morgan fingerprint density at radius 2 is 1.94 bits per heavy atom. The molecule has 3 aromatic rings. The topological polar surface area (TPSA) is 94.1 Å². The largest absolute Gasteiger partial charge is 0.497 e. The van der Waals surface area contributed by atoms with Crippen LogP contribution in [0.25, 0.3) is 11.1 Å². The number of carbonyl (C=O) groups is 2. The number of hydrogen-bond donors (Lipinski definition) is 2. The maximum atomic E-state index is 12.7. The number of carbonyl (C=O) groups excluding carboxylic acids is 1. The van der Waals surface area contributed by atoms with E-state index in [4.69, 9.17) is 20.6 Å². The maximum absolute atomic E-state index is 12.7. The highest BCUT2D eigenvalue weighted by atomic mass is 32.1. The van der Waals surface area contributed by atoms with Crippen LogP contribution >= 0.6 is 11.3 Å². The number of ether oxygens (including phenoxy) is 3. The molecule has 0 spiro atoms. The zero-order valence-electron chi connectivity index (χ0n) is 18.0. The second kappa shape index (κ2) is 9.27. The van der Waals surface area contributed by atoms with Crippen molar-refractivity contribution in [3.8, 4) is 40.7 Å². The SMILES string of the molecule is C#CCOc1cc([C@H]2CC(=O)Nc3c2sc(C(=O)O)c3-c2ccc(OC)cc2)ccc1OC. The Morgan fingerprint density at radius 1 is 1.18 bits per heavy atom. The van der Waals surface area contributed by atoms with Gasteiger partial charge in [0, 0.05) is 22.8 Å². The van der Waals surface area contributed by atoms with E-state index in [9.17, 15) is 14.7 Å². The van der Waals surface area contributed by atoms with Crippen LogP contribution in [0.4, 0.5) is 5.69 Å². The number of amides is 1. The summed E-state index contributed by atoms with van der Waals surface area (Å²) < 4.78 is 16.2. The third kappa shape index (κ3) is 4.23. The average molecular weight is 464 g/mol. The van der Waals surface area contributed by atoms with Gasteiger partial charge in [-0.05, 0) is 35.4 Å². The summed E-state index contributed by atoms with van der Waals surface area (Å²) in [6.07, 6.45) is 5.50. The summed E-state index contributed by atoms with van der Waals surface area (Å²) in [6.45, 7) is 0.0694. The van der Waals surface area contributed by atoms with Crippen molar-refractivity contribution in [2.75, 3.05) is 26.1 Å². The molecular weight excluding hydrogens is 442 g/mol. The summed E-state index contributed by atoms with van der Waals surface area (Å²) in [5.74, 6) is 2.47. The Labute approximate surface area is 194 Å². The summed E-state index contributed by atoms with van der Waals surface area (Å²) in [6, 6.07) is 12.5. The fraction of sp³-hybridized carbons (Fsp3) is 0.200. The molecule has 8 heteroatoms. The van der Waals surface area contributed by atoms with Gasteiger partial charge in [0.2, 0.25) is 5.91 Å². The van der Waals surface area contributed by atoms with E-state index in [-0.39, 0.29) is 29.7 Å². The van der Waals surface area contributed by atoms with Crippen LogP contribution < -0.4 is 19.5 Å². The quantitative estimate of drug-likeness (QED) is 0.497. The fourth-order valence-electron chi connectivity index (χ4n) is 3.88. The van der Waals surface area contributed by atoms with Gasteiger partial charge in [-0.3, -0.25) is 4.79 Å². The predicted octanol–water partition coefficient (Wildman–Crippen LogP) is 4.62. The second-order valence-electron chi connectivity index (χ2n) is 7.29. The molecule has 33 heavy (non-hydrogen) atoms. The molecule has 0 radical (unpaired) electrons. The van der Waals surface area contributed by atoms with Crippen molar-refractivity contribution in [3.63, 3.8) is 0 Å². The summed E-state index contributed by atoms with van der Waals surface area (Å²) in [7, 11) is 3.09. The van der Waals surface area contributed by atoms with Crippen molar-refractivity contribution in [2.45, 2.75) is 12.3 Å². The van der Waals surface area contributed by atoms with E-state index < -0.39 is 5.97 Å². The Bertz CT molecular complexity index is 1260. The van der Waals surface area contributed by atoms with Crippen LogP contribution in [-0.2, 0) is 4.79 Å². The molecule has 0 saturated carbocycles. The molecule has 2 N–H and O–H groups in total. The summed E-state index contributed by atoms with van der Waals surface area (Å²) in [5, 5.41) is 12.8. The van der Waals surface area contributed by atoms with Gasteiger partial charge in [-0.1, -0.05) is 24.1 Å². The van der Waals surface area contributed by atoms with Gasteiger partial charge >= 0.3 is 5.97 Å². The Balaban J connectivity index is 1.85. The number of hydrogen-bond acceptors (Lipinski definition) is 6. The van der Waals surface area contributed by atoms with Crippen LogP contribution in [0.1, 0.15) is 32.5 Å². The molecule has 168 valence electrons. The van der Waals surface area contributed by atoms with E-state index in [2.05, 4.69) is 11.2 Å². The van der Waals surface area contributed by atoms with Crippen molar-refractivity contribution in [1.82, 2.24) is 0 Å². The molecule has 0 saturated heterocycles. The Kier molecular flexibility index (Phi) is 6.24. The Hall–Kier alpha value is -3.96. The summed E-state index contributed by atoms with van der Waals surface area (Å²) in [4.78, 5) is 25.8. The molecule has 2 aromatic carbocycles. The summed E-state index contributed by atoms with van der Waals surface area (Å²) >= 11 is 1.16. The number of carboxylic acid groups (broad SMARTS) is 1. The van der Waals surface area contributed by atoms with Crippen LogP contribution in [0.2, 0.25) is 0 Å². The number of aromatic carboxylic acids is 1. The Morgan fingerprint density at radius 3 is 2.58 bits per heavy atom. The lowest BCUT2D eigenvalue weighted by Gasteiger charge is -2.24. The first kappa shape index (κ1) is 22.2. The molecule has 1 aromatic heterocycles. The molecule has 1 amide bonds. The molecule has 0 bridgehead atoms. The van der Waals surface area contributed by atoms with Crippen molar-refractivity contribution in [2.24, 2.45) is 0 Å². The minimum absolute atomic E-state index is 0.0694. The molecule has 4 rings (SSSR count). The highest BCUT2D eigenvalue weighted by Gasteiger charge is 2.34. The van der Waals surface area contributed by atoms with Crippen LogP contribution in [0, 0.1) is 12.3 Å². The van der Waals surface area contributed by atoms with Crippen LogP contribution in [0.3, 0.4) is 0 Å². The van der Waals surface area contributed by atoms with Gasteiger partial charge in [-0.15, -0.1) is 17.8 Å². The van der Waals surface area contributed by atoms with Gasteiger partial charge in [0.05, 0.1) is 19.9 Å². The molecule has 0 unspecified atom stereocenters. The number of anilines is 1. The smallest absolute Gasteiger partial charge is 0.346 e. The standard InChI is InChI=1S/C25H21NO6S/c1-4-11-32-19-12-15(7-10-18(19)31-3)17-13-20(27)26-22-21(24(25(28)29)33-23(17)22)14-5-8-16(30-2)9-6-14/h1,5-10,12,17H,11,13H2,2-3H3,(H,26,27)(H,28,29)/t17-/m1/s1. The summed E-state index contributed by atoms with van der Waals surface area (Å²) in [5.41, 5.74) is 2.49. The highest BCUT2D eigenvalue weighted by molar-refractivity contribution is 7.15. The molecule has 7 nitrogen and oxygen atoms in total. The second-order valence-corrected chi connectivity index (χ2v) is 8.34. The monoisotopic (exact) mass is 463 g/mol. The number of nitrogens with one attached hydrogen (secondary N) is 1. The average Bonchev–Trinajstić information content (AvgIpc) is 3.21. The van der Waals surface area contributed by atoms with E-state index in [1.54, 1.807) is 43.5 Å². The minimum atomic E-state index is -1.05. The number of benzene rings is 2. The minimum Gasteiger partial charge on any atom is -0.497 e. The molecule has 2 heterocycles. The van der Waals surface area contributed by atoms with Crippen molar-refractivity contribution in [1.29, 1.82) is 0 Å². The van der Waals surface area contributed by atoms with E-state index >= 15 is 0 Å². The molecule has 0 fully saturated rings. The van der Waals surface area contributed by atoms with Crippen LogP contribution in [0.15, 0.2) is 42.5 Å². The van der Waals surface area contributed by atoms with E-state index in [1.165, 1.54) is 7.11 Å². The normalized spacial score (nSPS) is 14.6. The lowest BCUT2D eigenvalue weighted by atomic mass is 9.88. The van der Waals surface area contributed by atoms with Gasteiger partial charge < -0.3 is 24.6 Å². The highest BCUT2D eigenvalue weighted by Crippen LogP contribution is 2.50.